The summed E-state index contributed by atoms with van der Waals surface area (Å²) in [4.78, 5) is 24.5. The molecule has 142 valence electrons. The quantitative estimate of drug-likeness (QED) is 0.846. The van der Waals surface area contributed by atoms with Crippen LogP contribution >= 0.6 is 11.6 Å². The normalized spacial score (nSPS) is 18.6. The zero-order valence-corrected chi connectivity index (χ0v) is 16.5. The smallest absolute Gasteiger partial charge is 0.253 e. The molecule has 0 aromatic heterocycles. The molecule has 1 heterocycles. The maximum atomic E-state index is 12.4. The van der Waals surface area contributed by atoms with Crippen molar-refractivity contribution in [1.29, 1.82) is 0 Å². The Morgan fingerprint density at radius 3 is 2.44 bits per heavy atom. The first-order chi connectivity index (χ1) is 12.7. The second-order valence-corrected chi connectivity index (χ2v) is 8.88. The molecule has 1 unspecified atom stereocenters. The van der Waals surface area contributed by atoms with E-state index in [1.807, 2.05) is 31.2 Å². The van der Waals surface area contributed by atoms with E-state index in [-0.39, 0.29) is 27.9 Å². The average Bonchev–Trinajstić information content (AvgIpc) is 2.81. The van der Waals surface area contributed by atoms with Crippen LogP contribution in [-0.2, 0) is 21.4 Å². The van der Waals surface area contributed by atoms with E-state index in [0.717, 1.165) is 15.4 Å². The fourth-order valence-corrected chi connectivity index (χ4v) is 4.96. The number of sulfonamides is 1. The number of hydrogen-bond acceptors (Lipinski definition) is 4. The molecule has 0 radical (unpaired) electrons. The Kier molecular flexibility index (Phi) is 5.26. The van der Waals surface area contributed by atoms with Gasteiger partial charge in [0.15, 0.2) is 0 Å². The number of halogens is 1. The third-order valence-electron chi connectivity index (χ3n) is 4.37. The predicted octanol–water partition coefficient (Wildman–Crippen LogP) is 2.89. The third-order valence-corrected chi connectivity index (χ3v) is 6.55. The molecule has 2 aromatic rings. The lowest BCUT2D eigenvalue weighted by atomic mass is 10.1. The summed E-state index contributed by atoms with van der Waals surface area (Å²) in [5, 5.41) is 2.85. The van der Waals surface area contributed by atoms with Crippen LogP contribution < -0.4 is 9.62 Å². The third kappa shape index (κ3) is 3.99. The van der Waals surface area contributed by atoms with E-state index < -0.39 is 21.8 Å². The summed E-state index contributed by atoms with van der Waals surface area (Å²) < 4.78 is 25.1. The second-order valence-electron chi connectivity index (χ2n) is 6.61. The van der Waals surface area contributed by atoms with Crippen molar-refractivity contribution in [2.45, 2.75) is 20.4 Å². The van der Waals surface area contributed by atoms with Gasteiger partial charge in [0.05, 0.1) is 27.9 Å². The van der Waals surface area contributed by atoms with E-state index in [1.165, 1.54) is 18.2 Å². The number of carbonyl (C=O) groups is 2. The second kappa shape index (κ2) is 7.32. The summed E-state index contributed by atoms with van der Waals surface area (Å²) in [6.07, 6.45) is 0. The summed E-state index contributed by atoms with van der Waals surface area (Å²) in [5.74, 6) is -1.72. The Balaban J connectivity index is 1.77. The Morgan fingerprint density at radius 1 is 1.22 bits per heavy atom. The Hall–Kier alpha value is -2.38. The van der Waals surface area contributed by atoms with Crippen molar-refractivity contribution in [1.82, 2.24) is 5.32 Å². The monoisotopic (exact) mass is 406 g/mol. The molecular formula is C19H19ClN2O4S. The van der Waals surface area contributed by atoms with E-state index in [9.17, 15) is 18.0 Å². The number of aryl methyl sites for hydroxylation is 1. The van der Waals surface area contributed by atoms with Crippen LogP contribution in [0.4, 0.5) is 5.69 Å². The highest BCUT2D eigenvalue weighted by atomic mass is 35.5. The van der Waals surface area contributed by atoms with Gasteiger partial charge in [-0.25, -0.2) is 12.7 Å². The fourth-order valence-electron chi connectivity index (χ4n) is 2.88. The van der Waals surface area contributed by atoms with E-state index in [4.69, 9.17) is 11.6 Å². The van der Waals surface area contributed by atoms with Crippen molar-refractivity contribution in [2.24, 2.45) is 5.92 Å². The first-order valence-corrected chi connectivity index (χ1v) is 10.4. The number of nitrogens with one attached hydrogen (secondary N) is 1. The summed E-state index contributed by atoms with van der Waals surface area (Å²) in [5.41, 5.74) is 2.43. The highest BCUT2D eigenvalue weighted by molar-refractivity contribution is 7.94. The molecule has 0 bridgehead atoms. The summed E-state index contributed by atoms with van der Waals surface area (Å²) in [7, 11) is -3.71. The highest BCUT2D eigenvalue weighted by Gasteiger charge is 2.42. The molecule has 1 aliphatic heterocycles. The largest absolute Gasteiger partial charge is 0.348 e. The zero-order chi connectivity index (χ0) is 19.8. The topological polar surface area (TPSA) is 83.6 Å². The van der Waals surface area contributed by atoms with Gasteiger partial charge in [-0.1, -0.05) is 48.4 Å². The fraction of sp³-hybridized carbons (Fsp3) is 0.263. The minimum Gasteiger partial charge on any atom is -0.348 e. The van der Waals surface area contributed by atoms with Gasteiger partial charge in [0.25, 0.3) is 5.91 Å². The number of rotatable bonds is 4. The molecule has 0 aliphatic carbocycles. The van der Waals surface area contributed by atoms with E-state index >= 15 is 0 Å². The molecule has 6 nitrogen and oxygen atoms in total. The predicted molar refractivity (Wildman–Crippen MR) is 104 cm³/mol. The molecule has 1 N–H and O–H groups in total. The van der Waals surface area contributed by atoms with Gasteiger partial charge in [-0.2, -0.15) is 0 Å². The van der Waals surface area contributed by atoms with Crippen LogP contribution in [0.5, 0.6) is 0 Å². The molecule has 0 spiro atoms. The van der Waals surface area contributed by atoms with Crippen molar-refractivity contribution in [2.75, 3.05) is 10.1 Å². The highest BCUT2D eigenvalue weighted by Crippen LogP contribution is 2.31. The van der Waals surface area contributed by atoms with E-state index in [1.54, 1.807) is 6.92 Å². The molecule has 3 rings (SSSR count). The van der Waals surface area contributed by atoms with Crippen LogP contribution in [0.1, 0.15) is 28.4 Å². The molecule has 2 amide bonds. The van der Waals surface area contributed by atoms with Gasteiger partial charge in [-0.15, -0.1) is 0 Å². The van der Waals surface area contributed by atoms with Gasteiger partial charge in [0.1, 0.15) is 0 Å². The lowest BCUT2D eigenvalue weighted by molar-refractivity contribution is -0.119. The van der Waals surface area contributed by atoms with Crippen molar-refractivity contribution >= 4 is 39.1 Å². The Bertz CT molecular complexity index is 1000. The lowest BCUT2D eigenvalue weighted by Crippen LogP contribution is -2.30. The van der Waals surface area contributed by atoms with Gasteiger partial charge in [0, 0.05) is 6.54 Å². The van der Waals surface area contributed by atoms with Gasteiger partial charge in [0.2, 0.25) is 15.9 Å². The molecule has 2 aromatic carbocycles. The number of hydrogen-bond donors (Lipinski definition) is 1. The SMILES string of the molecule is Cc1ccc(CNC(=O)c2ccc(N3C(=O)C(C)CS3(=O)=O)cc2Cl)cc1. The first-order valence-electron chi connectivity index (χ1n) is 8.39. The van der Waals surface area contributed by atoms with Crippen LogP contribution in [0.3, 0.4) is 0 Å². The summed E-state index contributed by atoms with van der Waals surface area (Å²) >= 11 is 6.19. The van der Waals surface area contributed by atoms with Crippen LogP contribution in [0.2, 0.25) is 5.02 Å². The summed E-state index contributed by atoms with van der Waals surface area (Å²) in [6.45, 7) is 3.89. The van der Waals surface area contributed by atoms with E-state index in [2.05, 4.69) is 5.32 Å². The van der Waals surface area contributed by atoms with Gasteiger partial charge >= 0.3 is 0 Å². The Morgan fingerprint density at radius 2 is 1.89 bits per heavy atom. The molecular weight excluding hydrogens is 388 g/mol. The molecule has 1 atom stereocenters. The minimum absolute atomic E-state index is 0.0801. The maximum absolute atomic E-state index is 12.4. The van der Waals surface area contributed by atoms with Crippen molar-refractivity contribution < 1.29 is 18.0 Å². The zero-order valence-electron chi connectivity index (χ0n) is 14.9. The Labute approximate surface area is 163 Å². The minimum atomic E-state index is -3.71. The number of amides is 2. The van der Waals surface area contributed by atoms with Crippen molar-refractivity contribution in [3.63, 3.8) is 0 Å². The van der Waals surface area contributed by atoms with Crippen molar-refractivity contribution in [3.8, 4) is 0 Å². The molecule has 1 aliphatic rings. The average molecular weight is 407 g/mol. The maximum Gasteiger partial charge on any atom is 0.253 e. The lowest BCUT2D eigenvalue weighted by Gasteiger charge is -2.16. The van der Waals surface area contributed by atoms with Gasteiger partial charge in [-0.3, -0.25) is 9.59 Å². The molecule has 27 heavy (non-hydrogen) atoms. The van der Waals surface area contributed by atoms with Crippen LogP contribution in [0, 0.1) is 12.8 Å². The van der Waals surface area contributed by atoms with Crippen LogP contribution in [0.25, 0.3) is 0 Å². The number of nitrogens with zero attached hydrogens (tertiary/aromatic N) is 1. The molecule has 1 fully saturated rings. The number of carbonyl (C=O) groups excluding carboxylic acids is 2. The standard InChI is InChI=1S/C19H19ClN2O4S/c1-12-3-5-14(6-4-12)10-21-18(23)16-8-7-15(9-17(16)20)22-19(24)13(2)11-27(22,25)26/h3-9,13H,10-11H2,1-2H3,(H,21,23). The van der Waals surface area contributed by atoms with E-state index in [0.29, 0.717) is 6.54 Å². The molecule has 1 saturated heterocycles. The number of benzene rings is 2. The van der Waals surface area contributed by atoms with Gasteiger partial charge < -0.3 is 5.32 Å². The summed E-state index contributed by atoms with van der Waals surface area (Å²) in [6, 6.07) is 11.9. The van der Waals surface area contributed by atoms with Crippen molar-refractivity contribution in [3.05, 3.63) is 64.2 Å². The van der Waals surface area contributed by atoms with Crippen LogP contribution in [-0.4, -0.2) is 26.0 Å². The van der Waals surface area contributed by atoms with Gasteiger partial charge in [-0.05, 0) is 30.7 Å². The number of anilines is 1. The molecule has 8 heteroatoms. The molecule has 0 saturated carbocycles. The first kappa shape index (κ1) is 19.4. The van der Waals surface area contributed by atoms with Crippen LogP contribution in [0.15, 0.2) is 42.5 Å².